The van der Waals surface area contributed by atoms with Crippen LogP contribution in [0.2, 0.25) is 0 Å². The Bertz CT molecular complexity index is 209. The minimum atomic E-state index is -0.308. The molecule has 2 unspecified atom stereocenters. The van der Waals surface area contributed by atoms with Gasteiger partial charge < -0.3 is 4.74 Å². The van der Waals surface area contributed by atoms with E-state index in [1.165, 1.54) is 13.5 Å². The standard InChI is InChI=1S/C9H15NO2/c1-6-3-7-5-9(4-6,10-7)8(11)12-2/h6-7,10H,3-5H2,1-2H3/t6-,7?,9?/m1/s1. The highest BCUT2D eigenvalue weighted by molar-refractivity contribution is 5.82. The number of carbonyl (C=O) groups excluding carboxylic acids is 1. The lowest BCUT2D eigenvalue weighted by atomic mass is 9.66. The van der Waals surface area contributed by atoms with Gasteiger partial charge in [-0.3, -0.25) is 10.1 Å². The van der Waals surface area contributed by atoms with Gasteiger partial charge >= 0.3 is 5.97 Å². The molecular formula is C9H15NO2. The van der Waals surface area contributed by atoms with Gasteiger partial charge in [-0.1, -0.05) is 6.92 Å². The zero-order valence-corrected chi connectivity index (χ0v) is 7.59. The molecule has 0 amide bonds. The van der Waals surface area contributed by atoms with Crippen LogP contribution in [0, 0.1) is 5.92 Å². The van der Waals surface area contributed by atoms with E-state index in [0.29, 0.717) is 12.0 Å². The quantitative estimate of drug-likeness (QED) is 0.587. The molecule has 2 bridgehead atoms. The topological polar surface area (TPSA) is 38.3 Å². The summed E-state index contributed by atoms with van der Waals surface area (Å²) in [7, 11) is 1.46. The summed E-state index contributed by atoms with van der Waals surface area (Å²) in [6.07, 6.45) is 3.12. The average molecular weight is 169 g/mol. The number of hydrogen-bond donors (Lipinski definition) is 1. The number of esters is 1. The third-order valence-electron chi connectivity index (χ3n) is 3.04. The van der Waals surface area contributed by atoms with Crippen molar-refractivity contribution in [1.82, 2.24) is 5.32 Å². The monoisotopic (exact) mass is 169 g/mol. The summed E-state index contributed by atoms with van der Waals surface area (Å²) in [5, 5.41) is 3.30. The van der Waals surface area contributed by atoms with Crippen molar-refractivity contribution >= 4 is 5.97 Å². The fraction of sp³-hybridized carbons (Fsp3) is 0.889. The smallest absolute Gasteiger partial charge is 0.326 e. The van der Waals surface area contributed by atoms with Gasteiger partial charge in [0.15, 0.2) is 0 Å². The van der Waals surface area contributed by atoms with Crippen molar-refractivity contribution in [2.75, 3.05) is 7.11 Å². The molecule has 3 rings (SSSR count). The van der Waals surface area contributed by atoms with Crippen LogP contribution in [0.15, 0.2) is 0 Å². The Balaban J connectivity index is 2.08. The molecule has 3 aliphatic rings. The van der Waals surface area contributed by atoms with E-state index in [1.54, 1.807) is 0 Å². The van der Waals surface area contributed by atoms with Gasteiger partial charge in [0.2, 0.25) is 0 Å². The van der Waals surface area contributed by atoms with Crippen LogP contribution in [0.3, 0.4) is 0 Å². The van der Waals surface area contributed by atoms with Crippen LogP contribution in [0.25, 0.3) is 0 Å². The predicted octanol–water partition coefficient (Wildman–Crippen LogP) is 0.690. The van der Waals surface area contributed by atoms with E-state index in [1.807, 2.05) is 0 Å². The number of nitrogens with one attached hydrogen (secondary N) is 1. The Morgan fingerprint density at radius 1 is 1.58 bits per heavy atom. The van der Waals surface area contributed by atoms with E-state index in [9.17, 15) is 4.79 Å². The molecule has 2 saturated heterocycles. The van der Waals surface area contributed by atoms with E-state index in [4.69, 9.17) is 4.74 Å². The number of ether oxygens (including phenoxy) is 1. The third-order valence-corrected chi connectivity index (χ3v) is 3.04. The van der Waals surface area contributed by atoms with Gasteiger partial charge in [0, 0.05) is 6.04 Å². The summed E-state index contributed by atoms with van der Waals surface area (Å²) in [5.41, 5.74) is -0.308. The summed E-state index contributed by atoms with van der Waals surface area (Å²) >= 11 is 0. The number of fused-ring (bicyclic) bond motifs is 2. The van der Waals surface area contributed by atoms with Gasteiger partial charge in [0.25, 0.3) is 0 Å². The van der Waals surface area contributed by atoms with Crippen molar-refractivity contribution in [3.8, 4) is 0 Å². The molecule has 0 radical (unpaired) electrons. The Kier molecular flexibility index (Phi) is 1.65. The summed E-state index contributed by atoms with van der Waals surface area (Å²) in [4.78, 5) is 11.4. The lowest BCUT2D eigenvalue weighted by molar-refractivity contribution is -0.158. The molecule has 3 fully saturated rings. The lowest BCUT2D eigenvalue weighted by Crippen LogP contribution is -2.71. The van der Waals surface area contributed by atoms with Gasteiger partial charge in [-0.25, -0.2) is 0 Å². The molecule has 68 valence electrons. The molecule has 2 heterocycles. The molecule has 3 heteroatoms. The molecular weight excluding hydrogens is 154 g/mol. The fourth-order valence-electron chi connectivity index (χ4n) is 2.66. The zero-order chi connectivity index (χ0) is 8.77. The first-order valence-corrected chi connectivity index (χ1v) is 4.52. The number of rotatable bonds is 1. The largest absolute Gasteiger partial charge is 0.468 e. The van der Waals surface area contributed by atoms with Gasteiger partial charge in [0.1, 0.15) is 5.54 Å². The minimum absolute atomic E-state index is 0.0784. The van der Waals surface area contributed by atoms with Crippen molar-refractivity contribution in [1.29, 1.82) is 0 Å². The highest BCUT2D eigenvalue weighted by Gasteiger charge is 2.54. The zero-order valence-electron chi connectivity index (χ0n) is 7.59. The summed E-state index contributed by atoms with van der Waals surface area (Å²) in [6, 6.07) is 0.563. The number of methoxy groups -OCH3 is 1. The molecule has 0 aromatic carbocycles. The lowest BCUT2D eigenvalue weighted by Gasteiger charge is -2.53. The van der Waals surface area contributed by atoms with Gasteiger partial charge in [-0.05, 0) is 25.2 Å². The van der Waals surface area contributed by atoms with Gasteiger partial charge in [0.05, 0.1) is 7.11 Å². The minimum Gasteiger partial charge on any atom is -0.468 e. The van der Waals surface area contributed by atoms with Crippen LogP contribution >= 0.6 is 0 Å². The van der Waals surface area contributed by atoms with Gasteiger partial charge in [-0.2, -0.15) is 0 Å². The Labute approximate surface area is 72.5 Å². The SMILES string of the molecule is COC(=O)C12CC(C[C@@H](C)C1)N2. The maximum absolute atomic E-state index is 11.4. The molecule has 12 heavy (non-hydrogen) atoms. The van der Waals surface area contributed by atoms with Crippen LogP contribution in [0.5, 0.6) is 0 Å². The van der Waals surface area contributed by atoms with Crippen molar-refractivity contribution in [3.63, 3.8) is 0 Å². The maximum atomic E-state index is 11.4. The third kappa shape index (κ3) is 0.959. The Morgan fingerprint density at radius 3 is 2.75 bits per heavy atom. The second-order valence-corrected chi connectivity index (χ2v) is 4.16. The maximum Gasteiger partial charge on any atom is 0.326 e. The van der Waals surface area contributed by atoms with Crippen LogP contribution in [0.4, 0.5) is 0 Å². The second-order valence-electron chi connectivity index (χ2n) is 4.16. The first kappa shape index (κ1) is 8.05. The number of carbonyl (C=O) groups is 1. The molecule has 0 spiro atoms. The van der Waals surface area contributed by atoms with E-state index in [2.05, 4.69) is 12.2 Å². The van der Waals surface area contributed by atoms with Crippen molar-refractivity contribution < 1.29 is 9.53 Å². The van der Waals surface area contributed by atoms with E-state index < -0.39 is 0 Å². The summed E-state index contributed by atoms with van der Waals surface area (Å²) in [6.45, 7) is 2.20. The van der Waals surface area contributed by atoms with E-state index >= 15 is 0 Å². The number of hydrogen-bond acceptors (Lipinski definition) is 3. The molecule has 0 aromatic heterocycles. The van der Waals surface area contributed by atoms with Crippen LogP contribution in [0.1, 0.15) is 26.2 Å². The van der Waals surface area contributed by atoms with Crippen LogP contribution in [-0.4, -0.2) is 24.7 Å². The fourth-order valence-corrected chi connectivity index (χ4v) is 2.66. The second kappa shape index (κ2) is 2.46. The van der Waals surface area contributed by atoms with E-state index in [-0.39, 0.29) is 11.5 Å². The van der Waals surface area contributed by atoms with Crippen molar-refractivity contribution in [2.24, 2.45) is 5.92 Å². The first-order chi connectivity index (χ1) is 5.66. The summed E-state index contributed by atoms with van der Waals surface area (Å²) < 4.78 is 4.78. The average Bonchev–Trinajstić information content (AvgIpc) is 2.00. The normalized spacial score (nSPS) is 44.8. The molecule has 1 N–H and O–H groups in total. The van der Waals surface area contributed by atoms with E-state index in [0.717, 1.165) is 12.8 Å². The number of piperidine rings is 1. The molecule has 3 nitrogen and oxygen atoms in total. The molecule has 1 aliphatic carbocycles. The highest BCUT2D eigenvalue weighted by Crippen LogP contribution is 2.41. The Morgan fingerprint density at radius 2 is 2.25 bits per heavy atom. The van der Waals surface area contributed by atoms with Crippen LogP contribution < -0.4 is 5.32 Å². The van der Waals surface area contributed by atoms with Crippen LogP contribution in [-0.2, 0) is 9.53 Å². The molecule has 0 aromatic rings. The predicted molar refractivity (Wildman–Crippen MR) is 44.7 cm³/mol. The Hall–Kier alpha value is -0.570. The van der Waals surface area contributed by atoms with Gasteiger partial charge in [-0.15, -0.1) is 0 Å². The molecule has 3 atom stereocenters. The summed E-state index contributed by atoms with van der Waals surface area (Å²) in [5.74, 6) is 0.578. The first-order valence-electron chi connectivity index (χ1n) is 4.52. The van der Waals surface area contributed by atoms with Crippen molar-refractivity contribution in [3.05, 3.63) is 0 Å². The highest BCUT2D eigenvalue weighted by atomic mass is 16.5. The van der Waals surface area contributed by atoms with Crippen molar-refractivity contribution in [2.45, 2.75) is 37.8 Å². The molecule has 1 saturated carbocycles. The molecule has 2 aliphatic heterocycles.